The fraction of sp³-hybridized carbons (Fsp3) is 0.545. The van der Waals surface area contributed by atoms with Gasteiger partial charge in [0.2, 0.25) is 0 Å². The predicted octanol–water partition coefficient (Wildman–Crippen LogP) is -0.161. The normalized spacial score (nSPS) is 13.9. The molecule has 0 aliphatic rings. The Hall–Kier alpha value is -1.38. The van der Waals surface area contributed by atoms with E-state index in [4.69, 9.17) is 0 Å². The quantitative estimate of drug-likeness (QED) is 0.379. The summed E-state index contributed by atoms with van der Waals surface area (Å²) in [4.78, 5) is 29.2. The van der Waals surface area contributed by atoms with Gasteiger partial charge in [-0.3, -0.25) is 9.59 Å². The number of carbonyl (C=O) groups excluding carboxylic acids is 1. The number of nitrogens with zero attached hydrogens (tertiary/aromatic N) is 1. The van der Waals surface area contributed by atoms with Gasteiger partial charge in [0.1, 0.15) is 6.10 Å². The first-order valence-corrected chi connectivity index (χ1v) is 6.87. The van der Waals surface area contributed by atoms with Crippen LogP contribution in [-0.2, 0) is 9.53 Å². The monoisotopic (exact) mass is 288 g/mol. The van der Waals surface area contributed by atoms with E-state index >= 15 is 0 Å². The number of aromatic amines is 1. The highest BCUT2D eigenvalue weighted by atomic mass is 32.2. The molecule has 8 heteroatoms. The molecule has 19 heavy (non-hydrogen) atoms. The first kappa shape index (κ1) is 15.7. The van der Waals surface area contributed by atoms with Crippen LogP contribution in [0, 0.1) is 0 Å². The number of hydrogen-bond donors (Lipinski definition) is 3. The molecule has 0 radical (unpaired) electrons. The Morgan fingerprint density at radius 2 is 2.26 bits per heavy atom. The zero-order chi connectivity index (χ0) is 14.4. The largest absolute Gasteiger partial charge is 0.466 e. The maximum absolute atomic E-state index is 11.7. The van der Waals surface area contributed by atoms with Crippen LogP contribution in [-0.4, -0.2) is 45.1 Å². The van der Waals surface area contributed by atoms with Gasteiger partial charge in [0.25, 0.3) is 5.56 Å². The molecule has 0 bridgehead atoms. The van der Waals surface area contributed by atoms with Crippen LogP contribution in [0.4, 0.5) is 0 Å². The van der Waals surface area contributed by atoms with Crippen LogP contribution >= 0.6 is 11.8 Å². The lowest BCUT2D eigenvalue weighted by molar-refractivity contribution is -0.147. The van der Waals surface area contributed by atoms with Crippen LogP contribution in [0.5, 0.6) is 0 Å². The van der Waals surface area contributed by atoms with Crippen LogP contribution in [0.1, 0.15) is 25.0 Å². The molecule has 0 aliphatic carbocycles. The highest BCUT2D eigenvalue weighted by Gasteiger charge is 2.24. The van der Waals surface area contributed by atoms with Gasteiger partial charge in [0.05, 0.1) is 24.7 Å². The SMILES string of the molecule is CCOC(=O)CC(O)C(O)c1cnc(SC)[nH]c1=O. The number of ether oxygens (including phenoxy) is 1. The summed E-state index contributed by atoms with van der Waals surface area (Å²) in [5.74, 6) is -0.640. The zero-order valence-electron chi connectivity index (χ0n) is 10.6. The number of aromatic nitrogens is 2. The van der Waals surface area contributed by atoms with Gasteiger partial charge in [-0.25, -0.2) is 4.98 Å². The summed E-state index contributed by atoms with van der Waals surface area (Å²) in [6.07, 6.45) is -0.370. The third-order valence-corrected chi connectivity index (χ3v) is 2.96. The second-order valence-electron chi connectivity index (χ2n) is 3.70. The Bertz CT molecular complexity index is 490. The number of aliphatic hydroxyl groups excluding tert-OH is 2. The molecule has 0 saturated carbocycles. The predicted molar refractivity (Wildman–Crippen MR) is 68.9 cm³/mol. The summed E-state index contributed by atoms with van der Waals surface area (Å²) in [5.41, 5.74) is -0.635. The van der Waals surface area contributed by atoms with E-state index in [9.17, 15) is 19.8 Å². The van der Waals surface area contributed by atoms with E-state index in [1.54, 1.807) is 13.2 Å². The standard InChI is InChI=1S/C11H16N2O5S/c1-3-18-8(15)4-7(14)9(16)6-5-12-11(19-2)13-10(6)17/h5,7,9,14,16H,3-4H2,1-2H3,(H,12,13,17). The Morgan fingerprint density at radius 1 is 1.58 bits per heavy atom. The van der Waals surface area contributed by atoms with Crippen molar-refractivity contribution in [1.29, 1.82) is 0 Å². The Balaban J connectivity index is 2.79. The molecule has 1 heterocycles. The third-order valence-electron chi connectivity index (χ3n) is 2.36. The van der Waals surface area contributed by atoms with Gasteiger partial charge in [-0.2, -0.15) is 0 Å². The van der Waals surface area contributed by atoms with Crippen molar-refractivity contribution >= 4 is 17.7 Å². The number of carbonyl (C=O) groups is 1. The van der Waals surface area contributed by atoms with Crippen molar-refractivity contribution in [3.05, 3.63) is 22.1 Å². The van der Waals surface area contributed by atoms with Crippen molar-refractivity contribution < 1.29 is 19.7 Å². The van der Waals surface area contributed by atoms with Crippen LogP contribution in [0.3, 0.4) is 0 Å². The second kappa shape index (κ2) is 7.27. The second-order valence-corrected chi connectivity index (χ2v) is 4.49. The zero-order valence-corrected chi connectivity index (χ0v) is 11.4. The average Bonchev–Trinajstić information content (AvgIpc) is 2.37. The smallest absolute Gasteiger partial charge is 0.308 e. The number of aliphatic hydroxyl groups is 2. The van der Waals surface area contributed by atoms with E-state index in [0.29, 0.717) is 5.16 Å². The molecular formula is C11H16N2O5S. The van der Waals surface area contributed by atoms with E-state index in [-0.39, 0.29) is 12.2 Å². The lowest BCUT2D eigenvalue weighted by atomic mass is 10.1. The fourth-order valence-corrected chi connectivity index (χ4v) is 1.77. The number of hydrogen-bond acceptors (Lipinski definition) is 7. The van der Waals surface area contributed by atoms with Crippen molar-refractivity contribution in [2.45, 2.75) is 30.7 Å². The summed E-state index contributed by atoms with van der Waals surface area (Å²) in [6.45, 7) is 1.82. The summed E-state index contributed by atoms with van der Waals surface area (Å²) in [7, 11) is 0. The molecule has 1 rings (SSSR count). The first-order chi connectivity index (χ1) is 8.99. The van der Waals surface area contributed by atoms with Gasteiger partial charge < -0.3 is 19.9 Å². The molecule has 0 aliphatic heterocycles. The van der Waals surface area contributed by atoms with Crippen molar-refractivity contribution in [2.75, 3.05) is 12.9 Å². The van der Waals surface area contributed by atoms with Crippen molar-refractivity contribution in [1.82, 2.24) is 9.97 Å². The molecule has 1 aromatic heterocycles. The van der Waals surface area contributed by atoms with Crippen molar-refractivity contribution in [3.63, 3.8) is 0 Å². The minimum atomic E-state index is -1.49. The molecule has 106 valence electrons. The molecule has 3 N–H and O–H groups in total. The number of thioether (sulfide) groups is 1. The Morgan fingerprint density at radius 3 is 2.79 bits per heavy atom. The number of H-pyrrole nitrogens is 1. The van der Waals surface area contributed by atoms with Gasteiger partial charge in [-0.15, -0.1) is 0 Å². The first-order valence-electron chi connectivity index (χ1n) is 5.64. The number of rotatable bonds is 6. The molecular weight excluding hydrogens is 272 g/mol. The average molecular weight is 288 g/mol. The van der Waals surface area contributed by atoms with E-state index in [0.717, 1.165) is 0 Å². The van der Waals surface area contributed by atoms with Crippen LogP contribution < -0.4 is 5.56 Å². The van der Waals surface area contributed by atoms with Gasteiger partial charge in [-0.05, 0) is 13.2 Å². The third kappa shape index (κ3) is 4.34. The molecule has 2 atom stereocenters. The molecule has 0 saturated heterocycles. The maximum atomic E-state index is 11.7. The maximum Gasteiger partial charge on any atom is 0.308 e. The van der Waals surface area contributed by atoms with Crippen LogP contribution in [0.25, 0.3) is 0 Å². The lowest BCUT2D eigenvalue weighted by Gasteiger charge is -2.16. The van der Waals surface area contributed by atoms with Crippen LogP contribution in [0.15, 0.2) is 16.1 Å². The topological polar surface area (TPSA) is 113 Å². The van der Waals surface area contributed by atoms with E-state index in [1.165, 1.54) is 18.0 Å². The summed E-state index contributed by atoms with van der Waals surface area (Å²) in [5, 5.41) is 19.9. The van der Waals surface area contributed by atoms with Gasteiger partial charge in [-0.1, -0.05) is 11.8 Å². The molecule has 0 fully saturated rings. The lowest BCUT2D eigenvalue weighted by Crippen LogP contribution is -2.28. The van der Waals surface area contributed by atoms with Gasteiger partial charge in [0.15, 0.2) is 5.16 Å². The van der Waals surface area contributed by atoms with Crippen molar-refractivity contribution in [3.8, 4) is 0 Å². The Labute approximate surface area is 114 Å². The van der Waals surface area contributed by atoms with Gasteiger partial charge >= 0.3 is 5.97 Å². The molecule has 2 unspecified atom stereocenters. The van der Waals surface area contributed by atoms with Crippen molar-refractivity contribution in [2.24, 2.45) is 0 Å². The molecule has 7 nitrogen and oxygen atoms in total. The number of esters is 1. The summed E-state index contributed by atoms with van der Waals surface area (Å²) < 4.78 is 4.65. The van der Waals surface area contributed by atoms with Crippen LogP contribution in [0.2, 0.25) is 0 Å². The highest BCUT2D eigenvalue weighted by Crippen LogP contribution is 2.16. The minimum Gasteiger partial charge on any atom is -0.466 e. The van der Waals surface area contributed by atoms with E-state index in [2.05, 4.69) is 14.7 Å². The molecule has 0 aromatic carbocycles. The van der Waals surface area contributed by atoms with E-state index < -0.39 is 30.2 Å². The molecule has 1 aromatic rings. The van der Waals surface area contributed by atoms with Gasteiger partial charge in [0, 0.05) is 6.20 Å². The number of nitrogens with one attached hydrogen (secondary N) is 1. The highest BCUT2D eigenvalue weighted by molar-refractivity contribution is 7.98. The summed E-state index contributed by atoms with van der Waals surface area (Å²) >= 11 is 1.24. The molecule has 0 spiro atoms. The minimum absolute atomic E-state index is 0.0883. The molecule has 0 amide bonds. The Kier molecular flexibility index (Phi) is 6.00. The summed E-state index contributed by atoms with van der Waals surface area (Å²) in [6, 6.07) is 0. The fourth-order valence-electron chi connectivity index (χ4n) is 1.41. The van der Waals surface area contributed by atoms with E-state index in [1.807, 2.05) is 0 Å².